The van der Waals surface area contributed by atoms with Gasteiger partial charge in [-0.25, -0.2) is 14.8 Å². The summed E-state index contributed by atoms with van der Waals surface area (Å²) in [6.45, 7) is 8.53. The normalized spacial score (nSPS) is 18.0. The summed E-state index contributed by atoms with van der Waals surface area (Å²) in [5.74, 6) is 8.87. The van der Waals surface area contributed by atoms with Crippen molar-refractivity contribution in [2.75, 3.05) is 6.54 Å². The molecule has 3 aromatic carbocycles. The zero-order valence-corrected chi connectivity index (χ0v) is 26.9. The van der Waals surface area contributed by atoms with Gasteiger partial charge in [-0.3, -0.25) is 4.90 Å². The van der Waals surface area contributed by atoms with Crippen LogP contribution in [0.2, 0.25) is 0 Å². The quantitative estimate of drug-likeness (QED) is 0.157. The molecule has 0 bridgehead atoms. The van der Waals surface area contributed by atoms with Crippen molar-refractivity contribution in [3.63, 3.8) is 0 Å². The number of amides is 1. The summed E-state index contributed by atoms with van der Waals surface area (Å²) in [7, 11) is 0. The number of imidazole rings is 2. The minimum absolute atomic E-state index is 0.107. The molecule has 5 aromatic rings. The molecule has 232 valence electrons. The number of carbonyl (C=O) groups is 1. The first kappa shape index (κ1) is 29.6. The first-order chi connectivity index (χ1) is 22.2. The lowest BCUT2D eigenvalue weighted by Gasteiger charge is -2.27. The summed E-state index contributed by atoms with van der Waals surface area (Å²) in [4.78, 5) is 30.8. The Kier molecular flexibility index (Phi) is 7.74. The highest BCUT2D eigenvalue weighted by Crippen LogP contribution is 2.34. The fourth-order valence-corrected chi connectivity index (χ4v) is 6.39. The predicted molar refractivity (Wildman–Crippen MR) is 182 cm³/mol. The molecule has 1 aliphatic heterocycles. The Morgan fingerprint density at radius 2 is 1.50 bits per heavy atom. The third kappa shape index (κ3) is 6.34. The highest BCUT2D eigenvalue weighted by Gasteiger charge is 2.34. The molecule has 1 saturated heterocycles. The lowest BCUT2D eigenvalue weighted by Crippen LogP contribution is -2.36. The van der Waals surface area contributed by atoms with Crippen LogP contribution in [0, 0.1) is 11.8 Å². The van der Waals surface area contributed by atoms with Crippen molar-refractivity contribution < 1.29 is 9.53 Å². The number of H-pyrrole nitrogens is 2. The predicted octanol–water partition coefficient (Wildman–Crippen LogP) is 8.92. The number of hydrogen-bond acceptors (Lipinski definition) is 4. The van der Waals surface area contributed by atoms with Crippen LogP contribution in [0.1, 0.15) is 88.1 Å². The van der Waals surface area contributed by atoms with Gasteiger partial charge in [-0.15, -0.1) is 0 Å². The van der Waals surface area contributed by atoms with Crippen LogP contribution in [-0.4, -0.2) is 43.1 Å². The lowest BCUT2D eigenvalue weighted by atomic mass is 10.0. The van der Waals surface area contributed by atoms with Crippen molar-refractivity contribution in [3.05, 3.63) is 107 Å². The summed E-state index contributed by atoms with van der Waals surface area (Å²) in [5, 5.41) is 2.33. The molecule has 7 heteroatoms. The molecule has 2 aliphatic rings. The molecule has 2 atom stereocenters. The fourth-order valence-electron chi connectivity index (χ4n) is 6.39. The molecule has 2 N–H and O–H groups in total. The highest BCUT2D eigenvalue weighted by atomic mass is 16.6. The van der Waals surface area contributed by atoms with Crippen molar-refractivity contribution in [2.45, 2.75) is 70.9 Å². The first-order valence-electron chi connectivity index (χ1n) is 16.1. The minimum atomic E-state index is -0.528. The maximum Gasteiger partial charge on any atom is 0.410 e. The lowest BCUT2D eigenvalue weighted by molar-refractivity contribution is 0.0218. The summed E-state index contributed by atoms with van der Waals surface area (Å²) in [5.41, 5.74) is 6.95. The van der Waals surface area contributed by atoms with Gasteiger partial charge in [-0.2, -0.15) is 0 Å². The summed E-state index contributed by atoms with van der Waals surface area (Å²) in [6.07, 6.45) is 9.89. The Morgan fingerprint density at radius 1 is 0.848 bits per heavy atom. The highest BCUT2D eigenvalue weighted by molar-refractivity contribution is 5.88. The molecule has 46 heavy (non-hydrogen) atoms. The average Bonchev–Trinajstić information content (AvgIpc) is 3.86. The summed E-state index contributed by atoms with van der Waals surface area (Å²) in [6, 6.07) is 20.9. The van der Waals surface area contributed by atoms with Crippen LogP contribution in [0.15, 0.2) is 84.7 Å². The largest absolute Gasteiger partial charge is 0.444 e. The van der Waals surface area contributed by atoms with E-state index in [4.69, 9.17) is 4.74 Å². The second kappa shape index (κ2) is 12.0. The van der Waals surface area contributed by atoms with Crippen LogP contribution >= 0.6 is 0 Å². The molecule has 1 fully saturated rings. The number of hydrogen-bond donors (Lipinski definition) is 2. The van der Waals surface area contributed by atoms with Crippen LogP contribution in [0.3, 0.4) is 0 Å². The van der Waals surface area contributed by atoms with E-state index in [1.807, 2.05) is 45.3 Å². The van der Waals surface area contributed by atoms with Crippen molar-refractivity contribution in [3.8, 4) is 34.4 Å². The zero-order valence-electron chi connectivity index (χ0n) is 26.9. The van der Waals surface area contributed by atoms with Crippen molar-refractivity contribution >= 4 is 16.9 Å². The van der Waals surface area contributed by atoms with Gasteiger partial charge in [0.15, 0.2) is 0 Å². The van der Waals surface area contributed by atoms with Crippen LogP contribution in [-0.2, 0) is 4.74 Å². The van der Waals surface area contributed by atoms with Gasteiger partial charge >= 0.3 is 6.09 Å². The van der Waals surface area contributed by atoms with Gasteiger partial charge in [0.25, 0.3) is 0 Å². The van der Waals surface area contributed by atoms with Crippen molar-refractivity contribution in [1.82, 2.24) is 24.8 Å². The maximum absolute atomic E-state index is 12.7. The average molecular weight is 610 g/mol. The SMILES string of the molecule is CC1=C[C@@H](c2ncc(-c3ccc4cc(C#Cc5ccc(-c6cnc([C@H]7CCCN7C(=O)OC(C)(C)C)[nH]6)cc5)ccc4c3)[nH]2)CC1. The van der Waals surface area contributed by atoms with Crippen molar-refractivity contribution in [1.29, 1.82) is 0 Å². The molecule has 7 nitrogen and oxygen atoms in total. The van der Waals surface area contributed by atoms with E-state index in [2.05, 4.69) is 93.3 Å². The van der Waals surface area contributed by atoms with Crippen molar-refractivity contribution in [2.24, 2.45) is 0 Å². The summed E-state index contributed by atoms with van der Waals surface area (Å²) < 4.78 is 5.62. The van der Waals surface area contributed by atoms with E-state index in [-0.39, 0.29) is 12.1 Å². The molecule has 0 saturated carbocycles. The molecule has 2 aromatic heterocycles. The number of fused-ring (bicyclic) bond motifs is 1. The molecular formula is C39H39N5O2. The fraction of sp³-hybridized carbons (Fsp3) is 0.308. The second-order valence-electron chi connectivity index (χ2n) is 13.5. The van der Waals surface area contributed by atoms with Gasteiger partial charge in [0.2, 0.25) is 0 Å². The Bertz CT molecular complexity index is 2000. The van der Waals surface area contributed by atoms with Crippen LogP contribution in [0.4, 0.5) is 4.79 Å². The number of benzene rings is 3. The Hall–Kier alpha value is -5.09. The van der Waals surface area contributed by atoms with Gasteiger partial charge in [0, 0.05) is 29.2 Å². The molecule has 1 aliphatic carbocycles. The molecule has 0 spiro atoms. The van der Waals surface area contributed by atoms with E-state index in [0.29, 0.717) is 12.5 Å². The molecule has 0 radical (unpaired) electrons. The molecule has 0 unspecified atom stereocenters. The number of nitrogens with zero attached hydrogens (tertiary/aromatic N) is 3. The first-order valence-corrected chi connectivity index (χ1v) is 16.1. The van der Waals surface area contributed by atoms with Crippen LogP contribution in [0.25, 0.3) is 33.3 Å². The standard InChI is InChI=1S/C39H39N5O2/c1-25-7-13-32(20-25)36-40-24-34(42-36)31-18-17-29-21-27(12-16-30(29)22-31)9-8-26-10-14-28(15-11-26)33-23-41-37(43-33)35-6-5-19-44(35)38(45)46-39(2,3)4/h10-12,14-18,20-24,32,35H,5-7,13,19H2,1-4H3,(H,40,42)(H,41,43)/t32-,35+/m0/s1. The van der Waals surface area contributed by atoms with Gasteiger partial charge in [-0.1, -0.05) is 53.8 Å². The Morgan fingerprint density at radius 3 is 2.26 bits per heavy atom. The van der Waals surface area contributed by atoms with E-state index in [9.17, 15) is 4.79 Å². The van der Waals surface area contributed by atoms with Gasteiger partial charge in [0.05, 0.1) is 29.8 Å². The van der Waals surface area contributed by atoms with Crippen LogP contribution in [0.5, 0.6) is 0 Å². The number of allylic oxidation sites excluding steroid dienone is 2. The Labute approximate surface area is 270 Å². The third-order valence-corrected chi connectivity index (χ3v) is 8.77. The smallest absolute Gasteiger partial charge is 0.410 e. The number of ether oxygens (including phenoxy) is 1. The number of aromatic amines is 2. The molecule has 7 rings (SSSR count). The topological polar surface area (TPSA) is 86.9 Å². The molecule has 1 amide bonds. The third-order valence-electron chi connectivity index (χ3n) is 8.77. The van der Waals surface area contributed by atoms with E-state index < -0.39 is 5.60 Å². The van der Waals surface area contributed by atoms with Gasteiger partial charge in [0.1, 0.15) is 17.2 Å². The number of likely N-dealkylation sites (tertiary alicyclic amines) is 1. The molecular weight excluding hydrogens is 570 g/mol. The van der Waals surface area contributed by atoms with E-state index in [1.54, 1.807) is 4.90 Å². The zero-order chi connectivity index (χ0) is 31.8. The number of nitrogens with one attached hydrogen (secondary N) is 2. The minimum Gasteiger partial charge on any atom is -0.444 e. The van der Waals surface area contributed by atoms with E-state index in [0.717, 1.165) is 76.4 Å². The number of rotatable bonds is 4. The van der Waals surface area contributed by atoms with Gasteiger partial charge < -0.3 is 14.7 Å². The van der Waals surface area contributed by atoms with Crippen LogP contribution < -0.4 is 0 Å². The number of carbonyl (C=O) groups excluding carboxylic acids is 1. The summed E-state index contributed by atoms with van der Waals surface area (Å²) >= 11 is 0. The van der Waals surface area contributed by atoms with E-state index >= 15 is 0 Å². The second-order valence-corrected chi connectivity index (χ2v) is 13.5. The van der Waals surface area contributed by atoms with Gasteiger partial charge in [-0.05, 0) is 100 Å². The Balaban J connectivity index is 1.02. The number of aromatic nitrogens is 4. The monoisotopic (exact) mass is 609 g/mol. The molecule has 3 heterocycles. The maximum atomic E-state index is 12.7. The van der Waals surface area contributed by atoms with E-state index in [1.165, 1.54) is 11.0 Å².